The van der Waals surface area contributed by atoms with Crippen LogP contribution in [0.4, 0.5) is 22.7 Å². The summed E-state index contributed by atoms with van der Waals surface area (Å²) in [5.41, 5.74) is 8.65. The zero-order valence-electron chi connectivity index (χ0n) is 30.7. The standard InChI is InChI=1S/C39H42N2O8S2.Na/c1-22-17-23(2)37(24(3)18-22)40-28-13-15-30(33(20-28)48-7)36(32-11-9-10-12-35(32)50(42,43)44)31-16-14-29(21-34(31)49-8)41-38-25(4)19-26(5)39(27(38)6)51(45,46)47;/h9-21,36,40-41H,1-8H3,(H,42,43,44)(H,45,46,47);/q;+1/p-2. The summed E-state index contributed by atoms with van der Waals surface area (Å²) in [4.78, 5) is -0.668. The Bertz CT molecular complexity index is 2360. The number of anilines is 4. The zero-order chi connectivity index (χ0) is 37.4. The Labute approximate surface area is 328 Å². The fourth-order valence-electron chi connectivity index (χ4n) is 6.91. The molecular formula is C39H40N2NaO8S2-. The molecule has 0 amide bonds. The third kappa shape index (κ3) is 8.50. The van der Waals surface area contributed by atoms with Crippen LogP contribution in [0, 0.1) is 41.5 Å². The molecule has 0 bridgehead atoms. The second kappa shape index (κ2) is 16.0. The van der Waals surface area contributed by atoms with Crippen molar-refractivity contribution in [3.05, 3.63) is 129 Å². The molecule has 268 valence electrons. The molecule has 5 rings (SSSR count). The number of aryl methyl sites for hydroxylation is 5. The third-order valence-corrected chi connectivity index (χ3v) is 11.0. The topological polar surface area (TPSA) is 157 Å². The smallest absolute Gasteiger partial charge is 0.744 e. The molecule has 0 fully saturated rings. The summed E-state index contributed by atoms with van der Waals surface area (Å²) in [6.07, 6.45) is 0. The molecule has 0 aliphatic rings. The van der Waals surface area contributed by atoms with Gasteiger partial charge in [-0.2, -0.15) is 0 Å². The van der Waals surface area contributed by atoms with E-state index in [1.165, 1.54) is 26.4 Å². The summed E-state index contributed by atoms with van der Waals surface area (Å²) in [5.74, 6) is -0.0646. The van der Waals surface area contributed by atoms with Crippen molar-refractivity contribution in [3.8, 4) is 11.5 Å². The number of benzene rings is 5. The monoisotopic (exact) mass is 751 g/mol. The summed E-state index contributed by atoms with van der Waals surface area (Å²) in [7, 11) is -6.66. The Kier molecular flexibility index (Phi) is 12.6. The molecule has 0 radical (unpaired) electrons. The second-order valence-corrected chi connectivity index (χ2v) is 15.3. The van der Waals surface area contributed by atoms with Crippen molar-refractivity contribution < 1.29 is 65.0 Å². The first kappa shape index (κ1) is 40.9. The number of methoxy groups -OCH3 is 2. The molecule has 5 aromatic carbocycles. The van der Waals surface area contributed by atoms with Crippen molar-refractivity contribution in [1.29, 1.82) is 0 Å². The van der Waals surface area contributed by atoms with Gasteiger partial charge in [0.05, 0.1) is 24.0 Å². The predicted molar refractivity (Wildman–Crippen MR) is 197 cm³/mol. The molecule has 10 nitrogen and oxygen atoms in total. The van der Waals surface area contributed by atoms with Crippen LogP contribution in [0.3, 0.4) is 0 Å². The maximum Gasteiger partial charge on any atom is 1.00 e. The van der Waals surface area contributed by atoms with Crippen molar-refractivity contribution in [3.63, 3.8) is 0 Å². The fraction of sp³-hybridized carbons (Fsp3) is 0.231. The van der Waals surface area contributed by atoms with E-state index in [0.29, 0.717) is 39.6 Å². The van der Waals surface area contributed by atoms with Crippen LogP contribution in [0.5, 0.6) is 11.5 Å². The van der Waals surface area contributed by atoms with Crippen LogP contribution in [-0.2, 0) is 20.2 Å². The van der Waals surface area contributed by atoms with Crippen LogP contribution in [-0.4, -0.2) is 40.2 Å². The van der Waals surface area contributed by atoms with E-state index < -0.39 is 26.2 Å². The van der Waals surface area contributed by atoms with Crippen molar-refractivity contribution >= 4 is 43.0 Å². The van der Waals surface area contributed by atoms with Crippen LogP contribution in [0.15, 0.2) is 88.7 Å². The molecule has 0 saturated carbocycles. The largest absolute Gasteiger partial charge is 1.00 e. The number of hydrogen-bond acceptors (Lipinski definition) is 10. The molecule has 0 spiro atoms. The minimum atomic E-state index is -4.90. The van der Waals surface area contributed by atoms with Gasteiger partial charge in [0.1, 0.15) is 31.7 Å². The van der Waals surface area contributed by atoms with Gasteiger partial charge >= 0.3 is 29.6 Å². The van der Waals surface area contributed by atoms with Crippen molar-refractivity contribution in [1.82, 2.24) is 0 Å². The van der Waals surface area contributed by atoms with Gasteiger partial charge in [-0.15, -0.1) is 0 Å². The van der Waals surface area contributed by atoms with E-state index >= 15 is 0 Å². The predicted octanol–water partition coefficient (Wildman–Crippen LogP) is 5.03. The van der Waals surface area contributed by atoms with Crippen LogP contribution in [0.25, 0.3) is 0 Å². The fourth-order valence-corrected chi connectivity index (χ4v) is 8.56. The van der Waals surface area contributed by atoms with Crippen LogP contribution < -0.4 is 49.7 Å². The quantitative estimate of drug-likeness (QED) is 0.107. The Morgan fingerprint density at radius 2 is 1.06 bits per heavy atom. The van der Waals surface area contributed by atoms with E-state index in [9.17, 15) is 25.9 Å². The van der Waals surface area contributed by atoms with Gasteiger partial charge in [0, 0.05) is 51.9 Å². The number of rotatable bonds is 11. The van der Waals surface area contributed by atoms with E-state index in [-0.39, 0.29) is 50.5 Å². The van der Waals surface area contributed by atoms with Crippen LogP contribution >= 0.6 is 0 Å². The third-order valence-electron chi connectivity index (χ3n) is 8.96. The molecule has 13 heteroatoms. The van der Waals surface area contributed by atoms with Gasteiger partial charge in [0.2, 0.25) is 0 Å². The Morgan fingerprint density at radius 1 is 0.577 bits per heavy atom. The normalized spacial score (nSPS) is 12.1. The molecule has 0 aromatic heterocycles. The van der Waals surface area contributed by atoms with Gasteiger partial charge in [-0.3, -0.25) is 0 Å². The van der Waals surface area contributed by atoms with E-state index in [2.05, 4.69) is 22.8 Å². The molecule has 0 heterocycles. The molecule has 5 aromatic rings. The summed E-state index contributed by atoms with van der Waals surface area (Å²) < 4.78 is 85.9. The molecule has 0 aliphatic heterocycles. The summed E-state index contributed by atoms with van der Waals surface area (Å²) >= 11 is 0. The van der Waals surface area contributed by atoms with Gasteiger partial charge in [-0.1, -0.05) is 54.1 Å². The van der Waals surface area contributed by atoms with Crippen molar-refractivity contribution in [2.24, 2.45) is 0 Å². The first-order chi connectivity index (χ1) is 23.9. The molecule has 1 atom stereocenters. The van der Waals surface area contributed by atoms with E-state index in [1.54, 1.807) is 57.2 Å². The molecular weight excluding hydrogens is 712 g/mol. The summed E-state index contributed by atoms with van der Waals surface area (Å²) in [6.45, 7) is 11.1. The van der Waals surface area contributed by atoms with Gasteiger partial charge in [0.25, 0.3) is 0 Å². The molecule has 52 heavy (non-hydrogen) atoms. The SMILES string of the molecule is COc1cc(Nc2c(C)cc(C)cc2C)ccc1C(c1ccc(Nc2c(C)cc(C)c(S(=O)(=O)[O-])c2C)cc1OC)c1ccccc1S(=O)(=O)[O-].[Na+]. The summed E-state index contributed by atoms with van der Waals surface area (Å²) in [6, 6.07) is 22.5. The Hall–Kier alpha value is -3.88. The maximum absolute atomic E-state index is 12.6. The van der Waals surface area contributed by atoms with Gasteiger partial charge in [-0.25, -0.2) is 16.8 Å². The van der Waals surface area contributed by atoms with Crippen molar-refractivity contribution in [2.45, 2.75) is 57.3 Å². The van der Waals surface area contributed by atoms with E-state index in [0.717, 1.165) is 33.6 Å². The van der Waals surface area contributed by atoms with Crippen LogP contribution in [0.1, 0.15) is 56.0 Å². The average molecular weight is 752 g/mol. The van der Waals surface area contributed by atoms with Crippen molar-refractivity contribution in [2.75, 3.05) is 24.9 Å². The number of ether oxygens (including phenoxy) is 2. The molecule has 0 saturated heterocycles. The molecule has 1 unspecified atom stereocenters. The Balaban J connectivity index is 0.00000605. The van der Waals surface area contributed by atoms with E-state index in [1.807, 2.05) is 39.0 Å². The molecule has 2 N–H and O–H groups in total. The molecule has 0 aliphatic carbocycles. The maximum atomic E-state index is 12.6. The number of hydrogen-bond donors (Lipinski definition) is 2. The van der Waals surface area contributed by atoms with Gasteiger partial charge in [-0.05, 0) is 93.1 Å². The average Bonchev–Trinajstić information content (AvgIpc) is 3.04. The van der Waals surface area contributed by atoms with E-state index in [4.69, 9.17) is 9.47 Å². The number of nitrogens with one attached hydrogen (secondary N) is 2. The minimum Gasteiger partial charge on any atom is -0.744 e. The van der Waals surface area contributed by atoms with Crippen LogP contribution in [0.2, 0.25) is 0 Å². The zero-order valence-corrected chi connectivity index (χ0v) is 34.3. The second-order valence-electron chi connectivity index (χ2n) is 12.7. The first-order valence-corrected chi connectivity index (χ1v) is 18.9. The first-order valence-electron chi connectivity index (χ1n) is 16.0. The van der Waals surface area contributed by atoms with Gasteiger partial charge < -0.3 is 29.2 Å². The Morgan fingerprint density at radius 3 is 1.54 bits per heavy atom. The minimum absolute atomic E-state index is 0. The van der Waals surface area contributed by atoms with Gasteiger partial charge in [0.15, 0.2) is 0 Å². The summed E-state index contributed by atoms with van der Waals surface area (Å²) in [5, 5.41) is 6.73.